The lowest BCUT2D eigenvalue weighted by atomic mass is 10.2. The summed E-state index contributed by atoms with van der Waals surface area (Å²) in [5.41, 5.74) is 6.16. The predicted octanol–water partition coefficient (Wildman–Crippen LogP) is 3.41. The molecule has 4 N–H and O–H groups in total. The quantitative estimate of drug-likeness (QED) is 0.808. The van der Waals surface area contributed by atoms with Crippen LogP contribution in [0.1, 0.15) is 10.4 Å². The Kier molecular flexibility index (Phi) is 3.78. The highest BCUT2D eigenvalue weighted by molar-refractivity contribution is 6.36. The third-order valence-corrected chi connectivity index (χ3v) is 2.91. The van der Waals surface area contributed by atoms with Crippen LogP contribution < -0.4 is 11.1 Å². The van der Waals surface area contributed by atoms with Gasteiger partial charge in [0.2, 0.25) is 0 Å². The second-order valence-corrected chi connectivity index (χ2v) is 4.55. The first kappa shape index (κ1) is 13.5. The van der Waals surface area contributed by atoms with Crippen molar-refractivity contribution >= 4 is 46.4 Å². The first-order valence-electron chi connectivity index (χ1n) is 5.18. The molecule has 2 aromatic rings. The average Bonchev–Trinajstić information content (AvgIpc) is 2.34. The first-order valence-corrected chi connectivity index (χ1v) is 5.94. The summed E-state index contributed by atoms with van der Waals surface area (Å²) in [5.74, 6) is -0.791. The van der Waals surface area contributed by atoms with Crippen molar-refractivity contribution in [3.05, 3.63) is 46.1 Å². The summed E-state index contributed by atoms with van der Waals surface area (Å²) in [5, 5.41) is 12.8. The molecule has 0 amide bonds. The minimum absolute atomic E-state index is 0.0254. The van der Waals surface area contributed by atoms with Crippen LogP contribution in [0, 0.1) is 0 Å². The molecule has 0 spiro atoms. The van der Waals surface area contributed by atoms with Gasteiger partial charge in [-0.25, -0.2) is 9.78 Å². The van der Waals surface area contributed by atoms with Crippen LogP contribution in [0.2, 0.25) is 10.0 Å². The van der Waals surface area contributed by atoms with Crippen molar-refractivity contribution in [1.82, 2.24) is 4.98 Å². The highest BCUT2D eigenvalue weighted by Crippen LogP contribution is 2.28. The number of halogens is 2. The van der Waals surface area contributed by atoms with Gasteiger partial charge in [0.05, 0.1) is 28.2 Å². The molecule has 19 heavy (non-hydrogen) atoms. The van der Waals surface area contributed by atoms with E-state index >= 15 is 0 Å². The molecule has 0 unspecified atom stereocenters. The Balaban J connectivity index is 2.33. The van der Waals surface area contributed by atoms with Crippen molar-refractivity contribution in [2.45, 2.75) is 0 Å². The second kappa shape index (κ2) is 5.34. The van der Waals surface area contributed by atoms with E-state index in [1.54, 1.807) is 18.2 Å². The summed E-state index contributed by atoms with van der Waals surface area (Å²) in [6, 6.07) is 6.23. The largest absolute Gasteiger partial charge is 0.478 e. The summed E-state index contributed by atoms with van der Waals surface area (Å²) in [7, 11) is 0. The van der Waals surface area contributed by atoms with Crippen LogP contribution >= 0.6 is 23.2 Å². The predicted molar refractivity (Wildman–Crippen MR) is 75.4 cm³/mol. The van der Waals surface area contributed by atoms with E-state index in [0.717, 1.165) is 0 Å². The first-order chi connectivity index (χ1) is 8.97. The standard InChI is InChI=1S/C12H9Cl2N3O2/c13-6-1-2-10(8(14)3-6)17-11-4-7(12(18)19)9(15)5-16-11/h1-5H,15H2,(H,16,17)(H,18,19). The summed E-state index contributed by atoms with van der Waals surface area (Å²) in [4.78, 5) is 14.9. The molecule has 0 bridgehead atoms. The minimum atomic E-state index is -1.12. The van der Waals surface area contributed by atoms with Crippen LogP contribution in [-0.4, -0.2) is 16.1 Å². The average molecular weight is 298 g/mol. The molecule has 5 nitrogen and oxygen atoms in total. The molecule has 0 atom stereocenters. The van der Waals surface area contributed by atoms with E-state index in [2.05, 4.69) is 10.3 Å². The van der Waals surface area contributed by atoms with Gasteiger partial charge in [0.15, 0.2) is 0 Å². The molecule has 1 aromatic carbocycles. The molecule has 2 rings (SSSR count). The number of hydrogen-bond donors (Lipinski definition) is 3. The van der Waals surface area contributed by atoms with Crippen molar-refractivity contribution in [2.24, 2.45) is 0 Å². The van der Waals surface area contributed by atoms with Gasteiger partial charge in [0.1, 0.15) is 5.82 Å². The number of rotatable bonds is 3. The number of benzene rings is 1. The highest BCUT2D eigenvalue weighted by atomic mass is 35.5. The number of nitrogens with zero attached hydrogens (tertiary/aromatic N) is 1. The van der Waals surface area contributed by atoms with Gasteiger partial charge < -0.3 is 16.2 Å². The molecule has 1 aromatic heterocycles. The van der Waals surface area contributed by atoms with Gasteiger partial charge in [0.25, 0.3) is 0 Å². The zero-order valence-corrected chi connectivity index (χ0v) is 11.0. The number of aromatic nitrogens is 1. The normalized spacial score (nSPS) is 10.2. The van der Waals surface area contributed by atoms with Gasteiger partial charge in [-0.15, -0.1) is 0 Å². The van der Waals surface area contributed by atoms with Crippen LogP contribution in [0.3, 0.4) is 0 Å². The van der Waals surface area contributed by atoms with E-state index in [1.165, 1.54) is 12.3 Å². The van der Waals surface area contributed by atoms with Crippen LogP contribution in [0.15, 0.2) is 30.5 Å². The Morgan fingerprint density at radius 3 is 2.68 bits per heavy atom. The fourth-order valence-electron chi connectivity index (χ4n) is 1.45. The van der Waals surface area contributed by atoms with E-state index in [0.29, 0.717) is 21.6 Å². The highest BCUT2D eigenvalue weighted by Gasteiger charge is 2.10. The van der Waals surface area contributed by atoms with Crippen molar-refractivity contribution in [3.8, 4) is 0 Å². The number of hydrogen-bond acceptors (Lipinski definition) is 4. The van der Waals surface area contributed by atoms with Gasteiger partial charge in [0, 0.05) is 5.02 Å². The fraction of sp³-hybridized carbons (Fsp3) is 0. The van der Waals surface area contributed by atoms with Gasteiger partial charge in [-0.05, 0) is 24.3 Å². The topological polar surface area (TPSA) is 88.2 Å². The lowest BCUT2D eigenvalue weighted by Crippen LogP contribution is -2.05. The maximum absolute atomic E-state index is 11.0. The molecule has 0 saturated carbocycles. The smallest absolute Gasteiger partial charge is 0.337 e. The number of nitrogens with one attached hydrogen (secondary N) is 1. The molecule has 0 radical (unpaired) electrons. The number of aromatic carboxylic acids is 1. The van der Waals surface area contributed by atoms with Crippen LogP contribution in [0.25, 0.3) is 0 Å². The molecule has 0 saturated heterocycles. The molecule has 0 aliphatic carbocycles. The maximum Gasteiger partial charge on any atom is 0.337 e. The Morgan fingerprint density at radius 2 is 2.05 bits per heavy atom. The van der Waals surface area contributed by atoms with E-state index < -0.39 is 5.97 Å². The Labute approximate surface area is 119 Å². The lowest BCUT2D eigenvalue weighted by Gasteiger charge is -2.09. The minimum Gasteiger partial charge on any atom is -0.478 e. The summed E-state index contributed by atoms with van der Waals surface area (Å²) in [6.45, 7) is 0. The number of carboxylic acids is 1. The number of carboxylic acid groups (broad SMARTS) is 1. The molecule has 0 aliphatic rings. The number of pyridine rings is 1. The van der Waals surface area contributed by atoms with Gasteiger partial charge in [-0.1, -0.05) is 23.2 Å². The molecule has 0 aliphatic heterocycles. The summed E-state index contributed by atoms with van der Waals surface area (Å²) < 4.78 is 0. The Morgan fingerprint density at radius 1 is 1.32 bits per heavy atom. The van der Waals surface area contributed by atoms with Gasteiger partial charge >= 0.3 is 5.97 Å². The van der Waals surface area contributed by atoms with Crippen LogP contribution in [-0.2, 0) is 0 Å². The molecule has 0 fully saturated rings. The van der Waals surface area contributed by atoms with E-state index in [1.807, 2.05) is 0 Å². The Hall–Kier alpha value is -1.98. The van der Waals surface area contributed by atoms with E-state index in [9.17, 15) is 4.79 Å². The monoisotopic (exact) mass is 297 g/mol. The Bertz CT molecular complexity index is 647. The lowest BCUT2D eigenvalue weighted by molar-refractivity contribution is 0.0698. The van der Waals surface area contributed by atoms with Crippen LogP contribution in [0.4, 0.5) is 17.2 Å². The van der Waals surface area contributed by atoms with Crippen molar-refractivity contribution in [3.63, 3.8) is 0 Å². The zero-order valence-electron chi connectivity index (χ0n) is 9.52. The molecule has 98 valence electrons. The van der Waals surface area contributed by atoms with Crippen molar-refractivity contribution < 1.29 is 9.90 Å². The summed E-state index contributed by atoms with van der Waals surface area (Å²) >= 11 is 11.8. The van der Waals surface area contributed by atoms with Crippen molar-refractivity contribution in [1.29, 1.82) is 0 Å². The molecule has 1 heterocycles. The maximum atomic E-state index is 11.0. The third-order valence-electron chi connectivity index (χ3n) is 2.36. The fourth-order valence-corrected chi connectivity index (χ4v) is 1.90. The number of nitrogen functional groups attached to an aromatic ring is 1. The van der Waals surface area contributed by atoms with Crippen LogP contribution in [0.5, 0.6) is 0 Å². The molecular weight excluding hydrogens is 289 g/mol. The SMILES string of the molecule is Nc1cnc(Nc2ccc(Cl)cc2Cl)cc1C(=O)O. The second-order valence-electron chi connectivity index (χ2n) is 3.71. The summed E-state index contributed by atoms with van der Waals surface area (Å²) in [6.07, 6.45) is 1.27. The third kappa shape index (κ3) is 3.07. The van der Waals surface area contributed by atoms with E-state index in [-0.39, 0.29) is 11.3 Å². The van der Waals surface area contributed by atoms with Gasteiger partial charge in [-0.2, -0.15) is 0 Å². The van der Waals surface area contributed by atoms with Gasteiger partial charge in [-0.3, -0.25) is 0 Å². The zero-order chi connectivity index (χ0) is 14.0. The number of nitrogens with two attached hydrogens (primary N) is 1. The van der Waals surface area contributed by atoms with Crippen molar-refractivity contribution in [2.75, 3.05) is 11.1 Å². The molecule has 7 heteroatoms. The molecular formula is C12H9Cl2N3O2. The number of carbonyl (C=O) groups is 1. The number of anilines is 3. The van der Waals surface area contributed by atoms with E-state index in [4.69, 9.17) is 34.0 Å².